The Morgan fingerprint density at radius 2 is 1.86 bits per heavy atom. The summed E-state index contributed by atoms with van der Waals surface area (Å²) >= 11 is 0. The fourth-order valence-electron chi connectivity index (χ4n) is 2.48. The molecule has 0 bridgehead atoms. The summed E-state index contributed by atoms with van der Waals surface area (Å²) in [6, 6.07) is 8.49. The minimum absolute atomic E-state index is 0.312. The van der Waals surface area contributed by atoms with Crippen LogP contribution in [0.2, 0.25) is 0 Å². The van der Waals surface area contributed by atoms with Crippen LogP contribution >= 0.6 is 0 Å². The van der Waals surface area contributed by atoms with E-state index in [9.17, 15) is 8.42 Å². The van der Waals surface area contributed by atoms with Gasteiger partial charge in [-0.15, -0.1) is 0 Å². The van der Waals surface area contributed by atoms with Crippen molar-refractivity contribution < 1.29 is 8.42 Å². The van der Waals surface area contributed by atoms with Crippen molar-refractivity contribution in [1.29, 1.82) is 0 Å². The molecular formula is C15H21N3O2S. The Morgan fingerprint density at radius 1 is 1.24 bits per heavy atom. The second-order valence-electron chi connectivity index (χ2n) is 5.06. The highest BCUT2D eigenvalue weighted by molar-refractivity contribution is 7.89. The van der Waals surface area contributed by atoms with Gasteiger partial charge in [0.2, 0.25) is 10.0 Å². The summed E-state index contributed by atoms with van der Waals surface area (Å²) in [4.78, 5) is 0.312. The summed E-state index contributed by atoms with van der Waals surface area (Å²) in [5.74, 6) is 0. The van der Waals surface area contributed by atoms with E-state index in [4.69, 9.17) is 0 Å². The number of nitrogens with zero attached hydrogens (tertiary/aromatic N) is 3. The van der Waals surface area contributed by atoms with E-state index in [1.807, 2.05) is 25.6 Å². The summed E-state index contributed by atoms with van der Waals surface area (Å²) < 4.78 is 28.3. The van der Waals surface area contributed by atoms with Crippen LogP contribution in [0.5, 0.6) is 0 Å². The molecule has 0 aliphatic rings. The maximum atomic E-state index is 12.6. The first kappa shape index (κ1) is 15.7. The molecule has 0 atom stereocenters. The van der Waals surface area contributed by atoms with Crippen LogP contribution < -0.4 is 0 Å². The molecule has 5 nitrogen and oxygen atoms in total. The lowest BCUT2D eigenvalue weighted by molar-refractivity contribution is 0.464. The normalized spacial score (nSPS) is 12.0. The van der Waals surface area contributed by atoms with Crippen molar-refractivity contribution in [2.45, 2.75) is 31.7 Å². The molecule has 0 N–H and O–H groups in total. The van der Waals surface area contributed by atoms with E-state index in [1.165, 1.54) is 4.31 Å². The maximum absolute atomic E-state index is 12.6. The van der Waals surface area contributed by atoms with Gasteiger partial charge in [-0.2, -0.15) is 9.40 Å². The molecule has 0 radical (unpaired) electrons. The molecular weight excluding hydrogens is 286 g/mol. The van der Waals surface area contributed by atoms with Gasteiger partial charge in [0.05, 0.1) is 10.6 Å². The van der Waals surface area contributed by atoms with Crippen molar-refractivity contribution >= 4 is 10.0 Å². The van der Waals surface area contributed by atoms with Crippen LogP contribution in [-0.2, 0) is 30.0 Å². The highest BCUT2D eigenvalue weighted by Crippen LogP contribution is 2.20. The average Bonchev–Trinajstić information content (AvgIpc) is 2.73. The van der Waals surface area contributed by atoms with Gasteiger partial charge >= 0.3 is 0 Å². The van der Waals surface area contributed by atoms with Gasteiger partial charge in [0.25, 0.3) is 0 Å². The fourth-order valence-corrected chi connectivity index (χ4v) is 3.64. The largest absolute Gasteiger partial charge is 0.272 e. The monoisotopic (exact) mass is 307 g/mol. The number of hydrogen-bond acceptors (Lipinski definition) is 3. The van der Waals surface area contributed by atoms with E-state index < -0.39 is 10.0 Å². The lowest BCUT2D eigenvalue weighted by Crippen LogP contribution is -2.27. The number of rotatable bonds is 5. The number of aromatic nitrogens is 2. The summed E-state index contributed by atoms with van der Waals surface area (Å²) in [6.07, 6.45) is 0.825. The van der Waals surface area contributed by atoms with Gasteiger partial charge in [-0.1, -0.05) is 25.1 Å². The molecule has 114 valence electrons. The zero-order valence-corrected chi connectivity index (χ0v) is 13.7. The molecule has 0 spiro atoms. The summed E-state index contributed by atoms with van der Waals surface area (Å²) in [5.41, 5.74) is 2.94. The Morgan fingerprint density at radius 3 is 2.43 bits per heavy atom. The third kappa shape index (κ3) is 3.01. The van der Waals surface area contributed by atoms with E-state index in [1.54, 1.807) is 37.4 Å². The van der Waals surface area contributed by atoms with Crippen LogP contribution in [0.3, 0.4) is 0 Å². The molecule has 1 aromatic carbocycles. The van der Waals surface area contributed by atoms with Gasteiger partial charge in [-0.3, -0.25) is 4.68 Å². The Hall–Kier alpha value is -1.66. The van der Waals surface area contributed by atoms with E-state index in [0.717, 1.165) is 23.4 Å². The van der Waals surface area contributed by atoms with Crippen molar-refractivity contribution in [3.63, 3.8) is 0 Å². The quantitative estimate of drug-likeness (QED) is 0.850. The first-order valence-corrected chi connectivity index (χ1v) is 8.34. The lowest BCUT2D eigenvalue weighted by Gasteiger charge is -2.18. The molecule has 1 heterocycles. The van der Waals surface area contributed by atoms with Crippen LogP contribution in [0.4, 0.5) is 0 Å². The molecule has 6 heteroatoms. The average molecular weight is 307 g/mol. The minimum Gasteiger partial charge on any atom is -0.272 e. The fraction of sp³-hybridized carbons (Fsp3) is 0.400. The SMILES string of the molecule is CCc1c(CN(C)S(=O)(=O)c2ccccc2)c(C)nn1C. The predicted molar refractivity (Wildman–Crippen MR) is 82.4 cm³/mol. The van der Waals surface area contributed by atoms with Crippen LogP contribution in [-0.4, -0.2) is 29.6 Å². The van der Waals surface area contributed by atoms with Crippen molar-refractivity contribution in [2.24, 2.45) is 7.05 Å². The topological polar surface area (TPSA) is 55.2 Å². The number of benzene rings is 1. The lowest BCUT2D eigenvalue weighted by atomic mass is 10.1. The molecule has 0 unspecified atom stereocenters. The van der Waals surface area contributed by atoms with Gasteiger partial charge in [0, 0.05) is 31.9 Å². The molecule has 1 aromatic heterocycles. The smallest absolute Gasteiger partial charge is 0.243 e. The number of sulfonamides is 1. The zero-order chi connectivity index (χ0) is 15.6. The van der Waals surface area contributed by atoms with Gasteiger partial charge in [-0.25, -0.2) is 8.42 Å². The van der Waals surface area contributed by atoms with Crippen molar-refractivity contribution in [1.82, 2.24) is 14.1 Å². The Balaban J connectivity index is 2.32. The minimum atomic E-state index is -3.47. The first-order chi connectivity index (χ1) is 9.87. The molecule has 0 aliphatic carbocycles. The van der Waals surface area contributed by atoms with Crippen molar-refractivity contribution in [3.8, 4) is 0 Å². The molecule has 0 saturated carbocycles. The standard InChI is InChI=1S/C15H21N3O2S/c1-5-15-14(12(2)16-18(15)4)11-17(3)21(19,20)13-9-7-6-8-10-13/h6-10H,5,11H2,1-4H3. The van der Waals surface area contributed by atoms with E-state index in [-0.39, 0.29) is 0 Å². The first-order valence-electron chi connectivity index (χ1n) is 6.90. The summed E-state index contributed by atoms with van der Waals surface area (Å²) in [7, 11) is 0.0219. The molecule has 2 aromatic rings. The van der Waals surface area contributed by atoms with E-state index in [2.05, 4.69) is 5.10 Å². The third-order valence-electron chi connectivity index (χ3n) is 3.64. The summed E-state index contributed by atoms with van der Waals surface area (Å²) in [5, 5.41) is 4.38. The van der Waals surface area contributed by atoms with Crippen LogP contribution in [0.1, 0.15) is 23.9 Å². The summed E-state index contributed by atoms with van der Waals surface area (Å²) in [6.45, 7) is 4.29. The molecule has 21 heavy (non-hydrogen) atoms. The van der Waals surface area contributed by atoms with Gasteiger partial charge < -0.3 is 0 Å². The van der Waals surface area contributed by atoms with Gasteiger partial charge in [0.15, 0.2) is 0 Å². The van der Waals surface area contributed by atoms with E-state index >= 15 is 0 Å². The van der Waals surface area contributed by atoms with Crippen LogP contribution in [0.15, 0.2) is 35.2 Å². The molecule has 0 fully saturated rings. The Kier molecular flexibility index (Phi) is 4.49. The highest BCUT2D eigenvalue weighted by atomic mass is 32.2. The molecule has 0 aliphatic heterocycles. The molecule has 0 saturated heterocycles. The third-order valence-corrected chi connectivity index (χ3v) is 5.46. The van der Waals surface area contributed by atoms with Gasteiger partial charge in [-0.05, 0) is 25.5 Å². The maximum Gasteiger partial charge on any atom is 0.243 e. The van der Waals surface area contributed by atoms with Crippen molar-refractivity contribution in [3.05, 3.63) is 47.3 Å². The van der Waals surface area contributed by atoms with E-state index in [0.29, 0.717) is 11.4 Å². The second kappa shape index (κ2) is 5.99. The Bertz CT molecular complexity index is 721. The molecule has 0 amide bonds. The zero-order valence-electron chi connectivity index (χ0n) is 12.9. The van der Waals surface area contributed by atoms with Crippen molar-refractivity contribution in [2.75, 3.05) is 7.05 Å². The van der Waals surface area contributed by atoms with Gasteiger partial charge in [0.1, 0.15) is 0 Å². The Labute approximate surface area is 126 Å². The van der Waals surface area contributed by atoms with Crippen LogP contribution in [0.25, 0.3) is 0 Å². The predicted octanol–water partition coefficient (Wildman–Crippen LogP) is 2.11. The number of hydrogen-bond donors (Lipinski definition) is 0. The highest BCUT2D eigenvalue weighted by Gasteiger charge is 2.23. The van der Waals surface area contributed by atoms with Crippen LogP contribution in [0, 0.1) is 6.92 Å². The molecule has 2 rings (SSSR count). The second-order valence-corrected chi connectivity index (χ2v) is 7.11. The number of aryl methyl sites for hydroxylation is 2.